The van der Waals surface area contributed by atoms with Gasteiger partial charge in [-0.2, -0.15) is 0 Å². The van der Waals surface area contributed by atoms with Crippen molar-refractivity contribution in [2.75, 3.05) is 5.75 Å². The van der Waals surface area contributed by atoms with Gasteiger partial charge in [0.15, 0.2) is 15.3 Å². The van der Waals surface area contributed by atoms with E-state index in [1.165, 1.54) is 6.92 Å². The van der Waals surface area contributed by atoms with Gasteiger partial charge in [-0.25, -0.2) is 8.42 Å². The molecule has 0 saturated heterocycles. The predicted molar refractivity (Wildman–Crippen MR) is 78.2 cm³/mol. The number of nitrogens with zero attached hydrogens (tertiary/aromatic N) is 1. The first-order valence-corrected chi connectivity index (χ1v) is 8.15. The van der Waals surface area contributed by atoms with Crippen molar-refractivity contribution in [1.82, 2.24) is 0 Å². The molecule has 4 nitrogen and oxygen atoms in total. The normalized spacial score (nSPS) is 15.5. The van der Waals surface area contributed by atoms with E-state index < -0.39 is 15.3 Å². The van der Waals surface area contributed by atoms with Crippen molar-refractivity contribution >= 4 is 16.1 Å². The summed E-state index contributed by atoms with van der Waals surface area (Å²) in [5.41, 5.74) is -0.392. The van der Waals surface area contributed by atoms with Crippen molar-refractivity contribution in [1.29, 1.82) is 0 Å². The van der Waals surface area contributed by atoms with Crippen LogP contribution in [0.1, 0.15) is 32.3 Å². The topological polar surface area (TPSA) is 66.7 Å². The molecule has 2 atom stereocenters. The highest BCUT2D eigenvalue weighted by Crippen LogP contribution is 2.09. The van der Waals surface area contributed by atoms with Crippen LogP contribution in [0, 0.1) is 0 Å². The highest BCUT2D eigenvalue weighted by molar-refractivity contribution is 7.91. The fourth-order valence-electron chi connectivity index (χ4n) is 1.67. The van der Waals surface area contributed by atoms with Crippen LogP contribution in [0.2, 0.25) is 0 Å². The Bertz CT molecular complexity index is 495. The first-order chi connectivity index (χ1) is 8.95. The average molecular weight is 283 g/mol. The maximum absolute atomic E-state index is 11.7. The Hall–Kier alpha value is -1.20. The Kier molecular flexibility index (Phi) is 6.18. The first-order valence-electron chi connectivity index (χ1n) is 6.43. The number of aliphatic imine (C=N–C) groups is 1. The molecule has 0 radical (unpaired) electrons. The van der Waals surface area contributed by atoms with Crippen LogP contribution in [-0.4, -0.2) is 37.0 Å². The third-order valence-electron chi connectivity index (χ3n) is 2.80. The van der Waals surface area contributed by atoms with Crippen molar-refractivity contribution in [2.45, 2.75) is 38.2 Å². The lowest BCUT2D eigenvalue weighted by Gasteiger charge is -2.13. The summed E-state index contributed by atoms with van der Waals surface area (Å²) in [7, 11) is -3.48. The number of hydrogen-bond donors (Lipinski definition) is 1. The second-order valence-corrected chi connectivity index (χ2v) is 6.90. The van der Waals surface area contributed by atoms with Crippen molar-refractivity contribution < 1.29 is 13.5 Å². The molecule has 0 aliphatic heterocycles. The zero-order chi connectivity index (χ0) is 14.3. The van der Waals surface area contributed by atoms with Crippen LogP contribution >= 0.6 is 0 Å². The van der Waals surface area contributed by atoms with Crippen LogP contribution in [0.25, 0.3) is 0 Å². The number of sulfone groups is 1. The summed E-state index contributed by atoms with van der Waals surface area (Å²) in [5, 5.41) is 9.24. The highest BCUT2D eigenvalue weighted by atomic mass is 32.2. The average Bonchev–Trinajstić information content (AvgIpc) is 2.37. The Balaban J connectivity index is 2.76. The summed E-state index contributed by atoms with van der Waals surface area (Å²) < 4.78 is 23.4. The van der Waals surface area contributed by atoms with E-state index in [1.807, 2.05) is 37.3 Å². The lowest BCUT2D eigenvalue weighted by atomic mass is 10.2. The van der Waals surface area contributed by atoms with Gasteiger partial charge in [-0.05, 0) is 18.9 Å². The second-order valence-electron chi connectivity index (χ2n) is 4.56. The van der Waals surface area contributed by atoms with Crippen molar-refractivity contribution in [3.05, 3.63) is 35.9 Å². The van der Waals surface area contributed by atoms with Crippen molar-refractivity contribution in [3.8, 4) is 0 Å². The van der Waals surface area contributed by atoms with Crippen LogP contribution in [0.15, 0.2) is 35.3 Å². The monoisotopic (exact) mass is 283 g/mol. The smallest absolute Gasteiger partial charge is 0.178 e. The van der Waals surface area contributed by atoms with E-state index in [0.29, 0.717) is 6.42 Å². The van der Waals surface area contributed by atoms with Gasteiger partial charge in [0.1, 0.15) is 0 Å². The Labute approximate surface area is 115 Å². The number of aliphatic hydroxyl groups excluding tert-OH is 1. The minimum Gasteiger partial charge on any atom is -0.377 e. The first kappa shape index (κ1) is 15.9. The quantitative estimate of drug-likeness (QED) is 0.779. The molecule has 0 aliphatic rings. The molecule has 0 aliphatic carbocycles. The molecule has 5 heteroatoms. The fourth-order valence-corrected chi connectivity index (χ4v) is 2.74. The summed E-state index contributed by atoms with van der Waals surface area (Å²) in [5.74, 6) is -0.109. The molecule has 1 aromatic carbocycles. The van der Waals surface area contributed by atoms with Gasteiger partial charge in [0.05, 0.1) is 11.8 Å². The van der Waals surface area contributed by atoms with E-state index >= 15 is 0 Å². The van der Waals surface area contributed by atoms with Gasteiger partial charge in [0, 0.05) is 6.21 Å². The number of rotatable bonds is 7. The van der Waals surface area contributed by atoms with E-state index in [4.69, 9.17) is 0 Å². The van der Waals surface area contributed by atoms with Gasteiger partial charge in [0.25, 0.3) is 0 Å². The zero-order valence-corrected chi connectivity index (χ0v) is 12.2. The van der Waals surface area contributed by atoms with Gasteiger partial charge in [-0.1, -0.05) is 43.7 Å². The number of aliphatic hydroxyl groups is 1. The van der Waals surface area contributed by atoms with Crippen molar-refractivity contribution in [3.63, 3.8) is 0 Å². The fraction of sp³-hybridized carbons (Fsp3) is 0.500. The Morgan fingerprint density at radius 3 is 2.47 bits per heavy atom. The van der Waals surface area contributed by atoms with E-state index in [1.54, 1.807) is 6.21 Å². The van der Waals surface area contributed by atoms with Crippen LogP contribution in [-0.2, 0) is 9.84 Å². The highest BCUT2D eigenvalue weighted by Gasteiger charge is 2.22. The third-order valence-corrected chi connectivity index (χ3v) is 4.69. The zero-order valence-electron chi connectivity index (χ0n) is 11.4. The summed E-state index contributed by atoms with van der Waals surface area (Å²) in [6, 6.07) is 9.25. The molecule has 0 saturated carbocycles. The van der Waals surface area contributed by atoms with Gasteiger partial charge in [-0.15, -0.1) is 0 Å². The van der Waals surface area contributed by atoms with Crippen LogP contribution in [0.3, 0.4) is 0 Å². The SMILES string of the molecule is CCCC(CS(=O)(=O)C(C)O)N=Cc1ccccc1. The van der Waals surface area contributed by atoms with E-state index in [2.05, 4.69) is 4.99 Å². The molecule has 2 unspecified atom stereocenters. The maximum Gasteiger partial charge on any atom is 0.178 e. The van der Waals surface area contributed by atoms with Crippen LogP contribution < -0.4 is 0 Å². The molecule has 1 rings (SSSR count). The van der Waals surface area contributed by atoms with Gasteiger partial charge in [-0.3, -0.25) is 4.99 Å². The molecule has 0 amide bonds. The molecule has 19 heavy (non-hydrogen) atoms. The molecule has 0 bridgehead atoms. The van der Waals surface area contributed by atoms with Gasteiger partial charge in [0.2, 0.25) is 0 Å². The Morgan fingerprint density at radius 1 is 1.32 bits per heavy atom. The molecular formula is C14H21NO3S. The number of benzene rings is 1. The molecule has 0 heterocycles. The molecular weight excluding hydrogens is 262 g/mol. The second kappa shape index (κ2) is 7.40. The maximum atomic E-state index is 11.7. The largest absolute Gasteiger partial charge is 0.377 e. The van der Waals surface area contributed by atoms with E-state index in [0.717, 1.165) is 12.0 Å². The summed E-state index contributed by atoms with van der Waals surface area (Å²) in [6.07, 6.45) is 3.24. The standard InChI is InChI=1S/C14H21NO3S/c1-3-7-14(11-19(17,18)12(2)16)15-10-13-8-5-4-6-9-13/h4-6,8-10,12,14,16H,3,7,11H2,1-2H3. The summed E-state index contributed by atoms with van der Waals surface area (Å²) in [4.78, 5) is 4.34. The minimum atomic E-state index is -3.48. The third kappa shape index (κ3) is 5.53. The Morgan fingerprint density at radius 2 is 1.95 bits per heavy atom. The van der Waals surface area contributed by atoms with Crippen LogP contribution in [0.4, 0.5) is 0 Å². The summed E-state index contributed by atoms with van der Waals surface area (Å²) in [6.45, 7) is 3.26. The molecule has 0 aromatic heterocycles. The predicted octanol–water partition coefficient (Wildman–Crippen LogP) is 2.03. The van der Waals surface area contributed by atoms with Crippen molar-refractivity contribution in [2.24, 2.45) is 4.99 Å². The van der Waals surface area contributed by atoms with E-state index in [9.17, 15) is 13.5 Å². The molecule has 0 fully saturated rings. The molecule has 106 valence electrons. The number of hydrogen-bond acceptors (Lipinski definition) is 4. The molecule has 1 N–H and O–H groups in total. The molecule has 0 spiro atoms. The summed E-state index contributed by atoms with van der Waals surface area (Å²) >= 11 is 0. The lowest BCUT2D eigenvalue weighted by molar-refractivity contribution is 0.268. The minimum absolute atomic E-state index is 0.109. The van der Waals surface area contributed by atoms with Crippen LogP contribution in [0.5, 0.6) is 0 Å². The van der Waals surface area contributed by atoms with Gasteiger partial charge >= 0.3 is 0 Å². The van der Waals surface area contributed by atoms with E-state index in [-0.39, 0.29) is 11.8 Å². The molecule has 1 aromatic rings. The lowest BCUT2D eigenvalue weighted by Crippen LogP contribution is -2.27. The van der Waals surface area contributed by atoms with Gasteiger partial charge < -0.3 is 5.11 Å².